The fourth-order valence-electron chi connectivity index (χ4n) is 3.88. The SMILES string of the molecule is O=C(NC(C(=O)NC1CCN(C2CC2)CC1)c1ccccc1)c1ccccc1. The van der Waals surface area contributed by atoms with E-state index in [0.717, 1.165) is 37.5 Å². The summed E-state index contributed by atoms with van der Waals surface area (Å²) in [4.78, 5) is 28.3. The summed E-state index contributed by atoms with van der Waals surface area (Å²) in [6.45, 7) is 2.09. The number of hydrogen-bond acceptors (Lipinski definition) is 3. The molecular weight excluding hydrogens is 350 g/mol. The highest BCUT2D eigenvalue weighted by Gasteiger charge is 2.33. The number of amides is 2. The molecule has 5 heteroatoms. The first-order valence-corrected chi connectivity index (χ1v) is 10.2. The number of carbonyl (C=O) groups is 2. The zero-order valence-electron chi connectivity index (χ0n) is 16.0. The minimum atomic E-state index is -0.699. The fourth-order valence-corrected chi connectivity index (χ4v) is 3.88. The summed E-state index contributed by atoms with van der Waals surface area (Å²) in [5.41, 5.74) is 1.34. The summed E-state index contributed by atoms with van der Waals surface area (Å²) < 4.78 is 0. The Balaban J connectivity index is 1.42. The Morgan fingerprint density at radius 1 is 0.857 bits per heavy atom. The van der Waals surface area contributed by atoms with Gasteiger partial charge in [0.05, 0.1) is 0 Å². The lowest BCUT2D eigenvalue weighted by Gasteiger charge is -2.33. The molecule has 0 bridgehead atoms. The van der Waals surface area contributed by atoms with Crippen LogP contribution in [0.5, 0.6) is 0 Å². The molecule has 2 aliphatic rings. The highest BCUT2D eigenvalue weighted by molar-refractivity contribution is 5.97. The molecule has 1 saturated heterocycles. The zero-order valence-corrected chi connectivity index (χ0v) is 16.0. The summed E-state index contributed by atoms with van der Waals surface area (Å²) in [6, 6.07) is 18.7. The fraction of sp³-hybridized carbons (Fsp3) is 0.391. The first-order valence-electron chi connectivity index (χ1n) is 10.2. The lowest BCUT2D eigenvalue weighted by molar-refractivity contribution is -0.124. The average Bonchev–Trinajstić information content (AvgIpc) is 3.59. The quantitative estimate of drug-likeness (QED) is 0.814. The predicted molar refractivity (Wildman–Crippen MR) is 109 cm³/mol. The first kappa shape index (κ1) is 18.7. The number of nitrogens with zero attached hydrogens (tertiary/aromatic N) is 1. The van der Waals surface area contributed by atoms with Crippen molar-refractivity contribution in [2.24, 2.45) is 0 Å². The van der Waals surface area contributed by atoms with Crippen molar-refractivity contribution >= 4 is 11.8 Å². The maximum absolute atomic E-state index is 13.1. The van der Waals surface area contributed by atoms with Gasteiger partial charge in [0.25, 0.3) is 5.91 Å². The van der Waals surface area contributed by atoms with E-state index in [1.807, 2.05) is 48.5 Å². The van der Waals surface area contributed by atoms with Crippen LogP contribution in [0.2, 0.25) is 0 Å². The predicted octanol–water partition coefficient (Wildman–Crippen LogP) is 2.90. The third-order valence-electron chi connectivity index (χ3n) is 5.65. The van der Waals surface area contributed by atoms with E-state index < -0.39 is 6.04 Å². The van der Waals surface area contributed by atoms with Crippen molar-refractivity contribution in [2.75, 3.05) is 13.1 Å². The third-order valence-corrected chi connectivity index (χ3v) is 5.65. The van der Waals surface area contributed by atoms with E-state index >= 15 is 0 Å². The summed E-state index contributed by atoms with van der Waals surface area (Å²) in [5.74, 6) is -0.381. The Kier molecular flexibility index (Phi) is 5.72. The van der Waals surface area contributed by atoms with Gasteiger partial charge in [0, 0.05) is 30.7 Å². The molecule has 146 valence electrons. The largest absolute Gasteiger partial charge is 0.351 e. The summed E-state index contributed by atoms with van der Waals surface area (Å²) in [7, 11) is 0. The van der Waals surface area contributed by atoms with Crippen LogP contribution in [-0.2, 0) is 4.79 Å². The first-order chi connectivity index (χ1) is 13.7. The molecule has 2 N–H and O–H groups in total. The van der Waals surface area contributed by atoms with Crippen LogP contribution in [-0.4, -0.2) is 41.9 Å². The van der Waals surface area contributed by atoms with Crippen LogP contribution in [0.3, 0.4) is 0 Å². The zero-order chi connectivity index (χ0) is 19.3. The van der Waals surface area contributed by atoms with Gasteiger partial charge in [-0.25, -0.2) is 0 Å². The van der Waals surface area contributed by atoms with Crippen LogP contribution in [0.4, 0.5) is 0 Å². The van der Waals surface area contributed by atoms with E-state index in [-0.39, 0.29) is 17.9 Å². The van der Waals surface area contributed by atoms with Crippen LogP contribution in [0.1, 0.15) is 47.6 Å². The van der Waals surface area contributed by atoms with Gasteiger partial charge in [-0.15, -0.1) is 0 Å². The minimum Gasteiger partial charge on any atom is -0.351 e. The van der Waals surface area contributed by atoms with Gasteiger partial charge in [-0.3, -0.25) is 9.59 Å². The van der Waals surface area contributed by atoms with Crippen molar-refractivity contribution in [3.05, 3.63) is 71.8 Å². The topological polar surface area (TPSA) is 61.4 Å². The molecule has 1 unspecified atom stereocenters. The standard InChI is InChI=1S/C23H27N3O2/c27-22(18-9-5-2-6-10-18)25-21(17-7-3-1-4-8-17)23(28)24-19-13-15-26(16-14-19)20-11-12-20/h1-10,19-21H,11-16H2,(H,24,28)(H,25,27). The van der Waals surface area contributed by atoms with Gasteiger partial charge in [-0.2, -0.15) is 0 Å². The molecule has 2 aromatic rings. The van der Waals surface area contributed by atoms with Crippen LogP contribution in [0.25, 0.3) is 0 Å². The van der Waals surface area contributed by atoms with E-state index in [9.17, 15) is 9.59 Å². The molecule has 2 amide bonds. The molecule has 5 nitrogen and oxygen atoms in total. The maximum atomic E-state index is 13.1. The molecule has 0 aromatic heterocycles. The second-order valence-corrected chi connectivity index (χ2v) is 7.73. The highest BCUT2D eigenvalue weighted by atomic mass is 16.2. The third kappa shape index (κ3) is 4.60. The van der Waals surface area contributed by atoms with Crippen molar-refractivity contribution in [1.82, 2.24) is 15.5 Å². The molecule has 1 aliphatic carbocycles. The van der Waals surface area contributed by atoms with Crippen molar-refractivity contribution < 1.29 is 9.59 Å². The van der Waals surface area contributed by atoms with Gasteiger partial charge < -0.3 is 15.5 Å². The molecular formula is C23H27N3O2. The van der Waals surface area contributed by atoms with E-state index in [2.05, 4.69) is 15.5 Å². The molecule has 1 aliphatic heterocycles. The number of hydrogen-bond donors (Lipinski definition) is 2. The van der Waals surface area contributed by atoms with Crippen molar-refractivity contribution in [2.45, 2.75) is 43.8 Å². The molecule has 1 saturated carbocycles. The Morgan fingerprint density at radius 2 is 1.46 bits per heavy atom. The average molecular weight is 377 g/mol. The van der Waals surface area contributed by atoms with Crippen LogP contribution in [0, 0.1) is 0 Å². The molecule has 2 aromatic carbocycles. The van der Waals surface area contributed by atoms with E-state index in [1.165, 1.54) is 12.8 Å². The maximum Gasteiger partial charge on any atom is 0.252 e. The molecule has 28 heavy (non-hydrogen) atoms. The summed E-state index contributed by atoms with van der Waals surface area (Å²) >= 11 is 0. The van der Waals surface area contributed by atoms with Gasteiger partial charge in [0.15, 0.2) is 0 Å². The Bertz CT molecular complexity index is 797. The van der Waals surface area contributed by atoms with Gasteiger partial charge >= 0.3 is 0 Å². The lowest BCUT2D eigenvalue weighted by atomic mass is 10.0. The number of piperidine rings is 1. The lowest BCUT2D eigenvalue weighted by Crippen LogP contribution is -2.49. The smallest absolute Gasteiger partial charge is 0.252 e. The van der Waals surface area contributed by atoms with E-state index in [4.69, 9.17) is 0 Å². The van der Waals surface area contributed by atoms with E-state index in [0.29, 0.717) is 5.56 Å². The summed E-state index contributed by atoms with van der Waals surface area (Å²) in [5, 5.41) is 6.09. The molecule has 1 heterocycles. The molecule has 2 fully saturated rings. The van der Waals surface area contributed by atoms with Gasteiger partial charge in [0.1, 0.15) is 6.04 Å². The number of carbonyl (C=O) groups excluding carboxylic acids is 2. The Labute approximate surface area is 166 Å². The number of likely N-dealkylation sites (tertiary alicyclic amines) is 1. The molecule has 1 atom stereocenters. The normalized spacial score (nSPS) is 19.0. The number of nitrogens with one attached hydrogen (secondary N) is 2. The summed E-state index contributed by atoms with van der Waals surface area (Å²) in [6.07, 6.45) is 4.57. The monoisotopic (exact) mass is 377 g/mol. The second-order valence-electron chi connectivity index (χ2n) is 7.73. The van der Waals surface area contributed by atoms with Gasteiger partial charge in [-0.05, 0) is 43.4 Å². The highest BCUT2D eigenvalue weighted by Crippen LogP contribution is 2.29. The van der Waals surface area contributed by atoms with Crippen molar-refractivity contribution in [3.63, 3.8) is 0 Å². The van der Waals surface area contributed by atoms with Gasteiger partial charge in [0.2, 0.25) is 5.91 Å². The Hall–Kier alpha value is -2.66. The van der Waals surface area contributed by atoms with Crippen LogP contribution < -0.4 is 10.6 Å². The minimum absolute atomic E-state index is 0.139. The molecule has 0 radical (unpaired) electrons. The van der Waals surface area contributed by atoms with Crippen molar-refractivity contribution in [1.29, 1.82) is 0 Å². The Morgan fingerprint density at radius 3 is 2.07 bits per heavy atom. The van der Waals surface area contributed by atoms with Crippen LogP contribution in [0.15, 0.2) is 60.7 Å². The van der Waals surface area contributed by atoms with Gasteiger partial charge in [-0.1, -0.05) is 48.5 Å². The second kappa shape index (κ2) is 8.57. The van der Waals surface area contributed by atoms with Crippen molar-refractivity contribution in [3.8, 4) is 0 Å². The molecule has 4 rings (SSSR count). The van der Waals surface area contributed by atoms with Crippen LogP contribution >= 0.6 is 0 Å². The number of benzene rings is 2. The molecule has 0 spiro atoms. The number of rotatable bonds is 6. The van der Waals surface area contributed by atoms with E-state index in [1.54, 1.807) is 12.1 Å².